The second kappa shape index (κ2) is 6.72. The lowest BCUT2D eigenvalue weighted by Gasteiger charge is -2.19. The van der Waals surface area contributed by atoms with Crippen LogP contribution in [0.15, 0.2) is 0 Å². The summed E-state index contributed by atoms with van der Waals surface area (Å²) in [5.74, 6) is -2.80. The van der Waals surface area contributed by atoms with Crippen molar-refractivity contribution in [1.82, 2.24) is 10.6 Å². The van der Waals surface area contributed by atoms with Crippen molar-refractivity contribution >= 4 is 23.9 Å². The fourth-order valence-corrected chi connectivity index (χ4v) is 1.10. The molecule has 0 aromatic rings. The zero-order valence-electron chi connectivity index (χ0n) is 11.3. The Morgan fingerprint density at radius 3 is 2.11 bits per heavy atom. The zero-order chi connectivity index (χ0) is 15.2. The summed E-state index contributed by atoms with van der Waals surface area (Å²) < 4.78 is 4.83. The number of rotatable bonds is 4. The summed E-state index contributed by atoms with van der Waals surface area (Å²) in [5, 5.41) is 12.7. The predicted molar refractivity (Wildman–Crippen MR) is 64.2 cm³/mol. The Balaban J connectivity index is 4.39. The van der Waals surface area contributed by atoms with Gasteiger partial charge in [-0.15, -0.1) is 0 Å². The van der Waals surface area contributed by atoms with Crippen LogP contribution in [-0.4, -0.2) is 40.6 Å². The number of imide groups is 1. The van der Waals surface area contributed by atoms with Gasteiger partial charge in [0.2, 0.25) is 11.8 Å². The maximum absolute atomic E-state index is 11.4. The van der Waals surface area contributed by atoms with Gasteiger partial charge >= 0.3 is 12.1 Å². The normalized spacial score (nSPS) is 12.2. The summed E-state index contributed by atoms with van der Waals surface area (Å²) in [4.78, 5) is 44.2. The van der Waals surface area contributed by atoms with Gasteiger partial charge in [-0.3, -0.25) is 14.9 Å². The van der Waals surface area contributed by atoms with Gasteiger partial charge in [-0.25, -0.2) is 9.59 Å². The number of carboxylic acid groups (broad SMARTS) is 1. The molecule has 19 heavy (non-hydrogen) atoms. The lowest BCUT2D eigenvalue weighted by molar-refractivity contribution is -0.143. The van der Waals surface area contributed by atoms with Crippen LogP contribution >= 0.6 is 0 Å². The van der Waals surface area contributed by atoms with E-state index in [0.717, 1.165) is 6.92 Å². The second-order valence-electron chi connectivity index (χ2n) is 4.85. The first kappa shape index (κ1) is 16.9. The van der Waals surface area contributed by atoms with E-state index in [1.165, 1.54) is 0 Å². The van der Waals surface area contributed by atoms with Crippen LogP contribution in [0.4, 0.5) is 4.79 Å². The molecule has 0 aliphatic rings. The molecule has 8 nitrogen and oxygen atoms in total. The van der Waals surface area contributed by atoms with Crippen molar-refractivity contribution in [2.24, 2.45) is 0 Å². The first-order valence-electron chi connectivity index (χ1n) is 5.54. The minimum atomic E-state index is -1.39. The lowest BCUT2D eigenvalue weighted by Crippen LogP contribution is -2.45. The van der Waals surface area contributed by atoms with Gasteiger partial charge in [0, 0.05) is 6.92 Å². The number of hydrogen-bond donors (Lipinski definition) is 3. The van der Waals surface area contributed by atoms with Crippen LogP contribution in [0.5, 0.6) is 0 Å². The maximum Gasteiger partial charge on any atom is 0.414 e. The molecule has 1 atom stereocenters. The quantitative estimate of drug-likeness (QED) is 0.664. The third kappa shape index (κ3) is 8.58. The fourth-order valence-electron chi connectivity index (χ4n) is 1.10. The largest absolute Gasteiger partial charge is 0.480 e. The molecule has 0 aromatic carbocycles. The van der Waals surface area contributed by atoms with Gasteiger partial charge < -0.3 is 15.2 Å². The molecule has 0 aromatic heterocycles. The van der Waals surface area contributed by atoms with Gasteiger partial charge in [-0.1, -0.05) is 0 Å². The van der Waals surface area contributed by atoms with Gasteiger partial charge in [-0.05, 0) is 20.8 Å². The van der Waals surface area contributed by atoms with Gasteiger partial charge in [0.15, 0.2) is 0 Å². The van der Waals surface area contributed by atoms with Gasteiger partial charge in [0.05, 0.1) is 6.42 Å². The SMILES string of the molecule is CC(=O)N[C@@H](CC(=O)NC(=O)OC(C)(C)C)C(=O)O. The van der Waals surface area contributed by atoms with Crippen LogP contribution in [0.2, 0.25) is 0 Å². The molecule has 0 heterocycles. The van der Waals surface area contributed by atoms with E-state index >= 15 is 0 Å². The first-order chi connectivity index (χ1) is 8.51. The van der Waals surface area contributed by atoms with E-state index in [9.17, 15) is 19.2 Å². The topological polar surface area (TPSA) is 122 Å². The predicted octanol–water partition coefficient (Wildman–Crippen LogP) is 0.0171. The third-order valence-corrected chi connectivity index (χ3v) is 1.71. The summed E-state index contributed by atoms with van der Waals surface area (Å²) in [6.07, 6.45) is -1.53. The van der Waals surface area contributed by atoms with Crippen LogP contribution in [0.25, 0.3) is 0 Å². The van der Waals surface area contributed by atoms with E-state index < -0.39 is 41.9 Å². The molecule has 0 spiro atoms. The first-order valence-corrected chi connectivity index (χ1v) is 5.54. The van der Waals surface area contributed by atoms with E-state index in [0.29, 0.717) is 0 Å². The lowest BCUT2D eigenvalue weighted by atomic mass is 10.2. The average molecular weight is 274 g/mol. The highest BCUT2D eigenvalue weighted by atomic mass is 16.6. The molecule has 0 radical (unpaired) electrons. The summed E-state index contributed by atoms with van der Waals surface area (Å²) >= 11 is 0. The van der Waals surface area contributed by atoms with Gasteiger partial charge in [0.25, 0.3) is 0 Å². The molecule has 0 fully saturated rings. The average Bonchev–Trinajstić information content (AvgIpc) is 2.11. The number of hydrogen-bond acceptors (Lipinski definition) is 5. The Bertz CT molecular complexity index is 385. The Kier molecular flexibility index (Phi) is 5.97. The van der Waals surface area contributed by atoms with E-state index in [1.807, 2.05) is 5.32 Å². The number of alkyl carbamates (subject to hydrolysis) is 1. The molecule has 0 saturated carbocycles. The fraction of sp³-hybridized carbons (Fsp3) is 0.636. The van der Waals surface area contributed by atoms with Crippen molar-refractivity contribution in [2.75, 3.05) is 0 Å². The molecule has 8 heteroatoms. The van der Waals surface area contributed by atoms with Gasteiger partial charge in [-0.2, -0.15) is 0 Å². The van der Waals surface area contributed by atoms with E-state index in [2.05, 4.69) is 5.32 Å². The minimum Gasteiger partial charge on any atom is -0.480 e. The molecule has 3 amide bonds. The van der Waals surface area contributed by atoms with E-state index in [-0.39, 0.29) is 0 Å². The Morgan fingerprint density at radius 1 is 1.21 bits per heavy atom. The maximum atomic E-state index is 11.4. The van der Waals surface area contributed by atoms with Crippen molar-refractivity contribution in [3.63, 3.8) is 0 Å². The van der Waals surface area contributed by atoms with Crippen molar-refractivity contribution in [1.29, 1.82) is 0 Å². The molecular weight excluding hydrogens is 256 g/mol. The number of carbonyl (C=O) groups is 4. The van der Waals surface area contributed by atoms with Crippen LogP contribution in [0.1, 0.15) is 34.1 Å². The highest BCUT2D eigenvalue weighted by Crippen LogP contribution is 2.06. The Morgan fingerprint density at radius 2 is 1.74 bits per heavy atom. The number of carbonyl (C=O) groups excluding carboxylic acids is 3. The van der Waals surface area contributed by atoms with Crippen molar-refractivity contribution in [2.45, 2.75) is 45.8 Å². The van der Waals surface area contributed by atoms with Crippen LogP contribution in [0, 0.1) is 0 Å². The van der Waals surface area contributed by atoms with E-state index in [1.54, 1.807) is 20.8 Å². The van der Waals surface area contributed by atoms with Crippen molar-refractivity contribution < 1.29 is 29.0 Å². The molecule has 0 rings (SSSR count). The zero-order valence-corrected chi connectivity index (χ0v) is 11.3. The van der Waals surface area contributed by atoms with Crippen LogP contribution in [-0.2, 0) is 19.1 Å². The number of nitrogens with one attached hydrogen (secondary N) is 2. The highest BCUT2D eigenvalue weighted by Gasteiger charge is 2.24. The van der Waals surface area contributed by atoms with Gasteiger partial charge in [0.1, 0.15) is 11.6 Å². The summed E-state index contributed by atoms with van der Waals surface area (Å²) in [6.45, 7) is 5.99. The Labute approximate surface area is 110 Å². The van der Waals surface area contributed by atoms with Crippen LogP contribution < -0.4 is 10.6 Å². The summed E-state index contributed by atoms with van der Waals surface area (Å²) in [5.41, 5.74) is -0.770. The summed E-state index contributed by atoms with van der Waals surface area (Å²) in [6, 6.07) is -1.39. The smallest absolute Gasteiger partial charge is 0.414 e. The number of amides is 3. The standard InChI is InChI=1S/C11H18N2O6/c1-6(14)12-7(9(16)17)5-8(15)13-10(18)19-11(2,3)4/h7H,5H2,1-4H3,(H,12,14)(H,16,17)(H,13,15,18)/t7-/m0/s1. The number of carboxylic acids is 1. The molecular formula is C11H18N2O6. The molecule has 0 aliphatic heterocycles. The third-order valence-electron chi connectivity index (χ3n) is 1.71. The Hall–Kier alpha value is -2.12. The van der Waals surface area contributed by atoms with E-state index in [4.69, 9.17) is 9.84 Å². The number of ether oxygens (including phenoxy) is 1. The molecule has 3 N–H and O–H groups in total. The molecule has 0 aliphatic carbocycles. The number of aliphatic carboxylic acids is 1. The van der Waals surface area contributed by atoms with Crippen molar-refractivity contribution in [3.05, 3.63) is 0 Å². The summed E-state index contributed by atoms with van der Waals surface area (Å²) in [7, 11) is 0. The molecule has 0 bridgehead atoms. The second-order valence-corrected chi connectivity index (χ2v) is 4.85. The molecule has 0 unspecified atom stereocenters. The van der Waals surface area contributed by atoms with Crippen molar-refractivity contribution in [3.8, 4) is 0 Å². The van der Waals surface area contributed by atoms with Crippen LogP contribution in [0.3, 0.4) is 0 Å². The monoisotopic (exact) mass is 274 g/mol. The minimum absolute atomic E-state index is 0.561. The molecule has 108 valence electrons. The molecule has 0 saturated heterocycles. The highest BCUT2D eigenvalue weighted by molar-refractivity contribution is 5.95.